The molecular formula is C19H30N2. The van der Waals surface area contributed by atoms with Crippen LogP contribution >= 0.6 is 0 Å². The van der Waals surface area contributed by atoms with Crippen molar-refractivity contribution in [2.45, 2.75) is 57.5 Å². The molecule has 5 unspecified atom stereocenters. The van der Waals surface area contributed by atoms with Gasteiger partial charge in [0.05, 0.1) is 0 Å². The van der Waals surface area contributed by atoms with Gasteiger partial charge in [0, 0.05) is 18.6 Å². The van der Waals surface area contributed by atoms with Gasteiger partial charge in [-0.2, -0.15) is 0 Å². The Morgan fingerprint density at radius 1 is 1.00 bits per heavy atom. The Morgan fingerprint density at radius 3 is 2.48 bits per heavy atom. The first-order valence-electron chi connectivity index (χ1n) is 8.69. The van der Waals surface area contributed by atoms with Gasteiger partial charge < -0.3 is 5.73 Å². The average Bonchev–Trinajstić information content (AvgIpc) is 2.51. The second-order valence-electron chi connectivity index (χ2n) is 7.39. The summed E-state index contributed by atoms with van der Waals surface area (Å²) in [6.45, 7) is 7.28. The minimum atomic E-state index is 0.366. The zero-order valence-electron chi connectivity index (χ0n) is 13.5. The Morgan fingerprint density at radius 2 is 1.76 bits per heavy atom. The molecule has 0 aromatic heterocycles. The maximum atomic E-state index is 6.49. The predicted octanol–water partition coefficient (Wildman–Crippen LogP) is 3.63. The van der Waals surface area contributed by atoms with Crippen molar-refractivity contribution in [2.75, 3.05) is 13.1 Å². The normalized spacial score (nSPS) is 38.3. The van der Waals surface area contributed by atoms with Gasteiger partial charge in [0.1, 0.15) is 0 Å². The summed E-state index contributed by atoms with van der Waals surface area (Å²) in [6.07, 6.45) is 5.00. The molecule has 0 spiro atoms. The molecule has 2 aliphatic rings. The smallest absolute Gasteiger partial charge is 0.0253 e. The highest BCUT2D eigenvalue weighted by Gasteiger charge is 2.35. The molecule has 2 fully saturated rings. The molecule has 116 valence electrons. The van der Waals surface area contributed by atoms with E-state index < -0.39 is 0 Å². The zero-order chi connectivity index (χ0) is 14.8. The molecule has 0 bridgehead atoms. The lowest BCUT2D eigenvalue weighted by atomic mass is 9.77. The zero-order valence-corrected chi connectivity index (χ0v) is 13.5. The van der Waals surface area contributed by atoms with Crippen LogP contribution in [0.4, 0.5) is 0 Å². The number of likely N-dealkylation sites (tertiary alicyclic amines) is 1. The minimum absolute atomic E-state index is 0.366. The summed E-state index contributed by atoms with van der Waals surface area (Å²) < 4.78 is 0. The van der Waals surface area contributed by atoms with E-state index in [1.807, 2.05) is 0 Å². The van der Waals surface area contributed by atoms with E-state index in [0.29, 0.717) is 18.0 Å². The van der Waals surface area contributed by atoms with Gasteiger partial charge in [-0.25, -0.2) is 0 Å². The molecule has 2 N–H and O–H groups in total. The first-order valence-corrected chi connectivity index (χ1v) is 8.69. The summed E-state index contributed by atoms with van der Waals surface area (Å²) in [6, 6.07) is 12.0. The molecule has 1 aliphatic carbocycles. The Hall–Kier alpha value is -0.860. The van der Waals surface area contributed by atoms with E-state index in [4.69, 9.17) is 5.73 Å². The molecule has 1 aromatic rings. The molecule has 1 aromatic carbocycles. The van der Waals surface area contributed by atoms with Crippen LogP contribution < -0.4 is 5.73 Å². The molecule has 3 rings (SSSR count). The van der Waals surface area contributed by atoms with Crippen molar-refractivity contribution in [3.63, 3.8) is 0 Å². The molecule has 2 heteroatoms. The van der Waals surface area contributed by atoms with Crippen LogP contribution in [0.25, 0.3) is 0 Å². The van der Waals surface area contributed by atoms with E-state index in [9.17, 15) is 0 Å². The van der Waals surface area contributed by atoms with Crippen molar-refractivity contribution in [3.05, 3.63) is 35.9 Å². The van der Waals surface area contributed by atoms with E-state index in [-0.39, 0.29) is 0 Å². The van der Waals surface area contributed by atoms with Gasteiger partial charge in [0.2, 0.25) is 0 Å². The minimum Gasteiger partial charge on any atom is -0.326 e. The van der Waals surface area contributed by atoms with Crippen molar-refractivity contribution in [1.29, 1.82) is 0 Å². The summed E-state index contributed by atoms with van der Waals surface area (Å²) in [5.74, 6) is 2.37. The molecule has 1 aliphatic heterocycles. The molecule has 1 saturated carbocycles. The SMILES string of the molecule is CC1CCN(C2CC(c3ccccc3)CCC2N)CC1C. The number of benzene rings is 1. The number of rotatable bonds is 2. The van der Waals surface area contributed by atoms with Gasteiger partial charge in [-0.15, -0.1) is 0 Å². The fourth-order valence-electron chi connectivity index (χ4n) is 4.21. The van der Waals surface area contributed by atoms with E-state index in [1.165, 1.54) is 44.3 Å². The van der Waals surface area contributed by atoms with Gasteiger partial charge in [-0.3, -0.25) is 4.90 Å². The molecule has 21 heavy (non-hydrogen) atoms. The van der Waals surface area contributed by atoms with Crippen molar-refractivity contribution < 1.29 is 0 Å². The van der Waals surface area contributed by atoms with Crippen LogP contribution in [0.1, 0.15) is 51.0 Å². The number of piperidine rings is 1. The van der Waals surface area contributed by atoms with Crippen LogP contribution in [0.2, 0.25) is 0 Å². The fourth-order valence-corrected chi connectivity index (χ4v) is 4.21. The van der Waals surface area contributed by atoms with E-state index in [0.717, 1.165) is 11.8 Å². The van der Waals surface area contributed by atoms with Gasteiger partial charge >= 0.3 is 0 Å². The largest absolute Gasteiger partial charge is 0.326 e. The monoisotopic (exact) mass is 286 g/mol. The molecular weight excluding hydrogens is 256 g/mol. The predicted molar refractivity (Wildman–Crippen MR) is 89.3 cm³/mol. The molecule has 5 atom stereocenters. The van der Waals surface area contributed by atoms with Crippen LogP contribution in [-0.4, -0.2) is 30.1 Å². The van der Waals surface area contributed by atoms with Crippen molar-refractivity contribution in [2.24, 2.45) is 17.6 Å². The number of nitrogens with zero attached hydrogens (tertiary/aromatic N) is 1. The number of hydrogen-bond acceptors (Lipinski definition) is 2. The molecule has 1 heterocycles. The average molecular weight is 286 g/mol. The quantitative estimate of drug-likeness (QED) is 0.899. The van der Waals surface area contributed by atoms with Crippen LogP contribution in [-0.2, 0) is 0 Å². The highest BCUT2D eigenvalue weighted by atomic mass is 15.2. The summed E-state index contributed by atoms with van der Waals surface area (Å²) >= 11 is 0. The summed E-state index contributed by atoms with van der Waals surface area (Å²) in [5, 5.41) is 0. The molecule has 2 nitrogen and oxygen atoms in total. The lowest BCUT2D eigenvalue weighted by Crippen LogP contribution is -2.54. The summed E-state index contributed by atoms with van der Waals surface area (Å²) in [5.41, 5.74) is 8.00. The maximum absolute atomic E-state index is 6.49. The number of nitrogens with two attached hydrogens (primary N) is 1. The lowest BCUT2D eigenvalue weighted by Gasteiger charge is -2.46. The highest BCUT2D eigenvalue weighted by Crippen LogP contribution is 2.36. The van der Waals surface area contributed by atoms with Gasteiger partial charge in [-0.05, 0) is 55.5 Å². The van der Waals surface area contributed by atoms with Crippen molar-refractivity contribution in [3.8, 4) is 0 Å². The summed E-state index contributed by atoms with van der Waals surface area (Å²) in [7, 11) is 0. The Labute approximate surface area is 129 Å². The van der Waals surface area contributed by atoms with Crippen LogP contribution in [0.3, 0.4) is 0 Å². The van der Waals surface area contributed by atoms with Gasteiger partial charge in [-0.1, -0.05) is 44.2 Å². The topological polar surface area (TPSA) is 29.3 Å². The van der Waals surface area contributed by atoms with Gasteiger partial charge in [0.25, 0.3) is 0 Å². The maximum Gasteiger partial charge on any atom is 0.0253 e. The van der Waals surface area contributed by atoms with Crippen molar-refractivity contribution >= 4 is 0 Å². The van der Waals surface area contributed by atoms with Crippen LogP contribution in [0, 0.1) is 11.8 Å². The second kappa shape index (κ2) is 6.50. The van der Waals surface area contributed by atoms with E-state index in [2.05, 4.69) is 49.1 Å². The third-order valence-electron chi connectivity index (χ3n) is 5.97. The molecule has 0 radical (unpaired) electrons. The first-order chi connectivity index (χ1) is 10.1. The third kappa shape index (κ3) is 3.32. The molecule has 0 amide bonds. The Bertz CT molecular complexity index is 444. The van der Waals surface area contributed by atoms with E-state index in [1.54, 1.807) is 0 Å². The Kier molecular flexibility index (Phi) is 4.66. The number of hydrogen-bond donors (Lipinski definition) is 1. The third-order valence-corrected chi connectivity index (χ3v) is 5.97. The van der Waals surface area contributed by atoms with Crippen LogP contribution in [0.15, 0.2) is 30.3 Å². The second-order valence-corrected chi connectivity index (χ2v) is 7.39. The van der Waals surface area contributed by atoms with Gasteiger partial charge in [0.15, 0.2) is 0 Å². The van der Waals surface area contributed by atoms with Crippen molar-refractivity contribution in [1.82, 2.24) is 4.90 Å². The first kappa shape index (κ1) is 15.1. The Balaban J connectivity index is 1.69. The van der Waals surface area contributed by atoms with Crippen LogP contribution in [0.5, 0.6) is 0 Å². The highest BCUT2D eigenvalue weighted by molar-refractivity contribution is 5.21. The molecule has 1 saturated heterocycles. The lowest BCUT2D eigenvalue weighted by molar-refractivity contribution is 0.0614. The van der Waals surface area contributed by atoms with E-state index >= 15 is 0 Å². The fraction of sp³-hybridized carbons (Fsp3) is 0.684. The summed E-state index contributed by atoms with van der Waals surface area (Å²) in [4.78, 5) is 2.70. The standard InChI is InChI=1S/C19H30N2/c1-14-10-11-21(13-15(14)2)19-12-17(8-9-18(19)20)16-6-4-3-5-7-16/h3-7,14-15,17-19H,8-13,20H2,1-2H3.